The fourth-order valence-corrected chi connectivity index (χ4v) is 3.01. The van der Waals surface area contributed by atoms with Gasteiger partial charge in [0.15, 0.2) is 5.78 Å². The first-order valence-corrected chi connectivity index (χ1v) is 8.07. The zero-order chi connectivity index (χ0) is 15.2. The lowest BCUT2D eigenvalue weighted by atomic mass is 9.99. The van der Waals surface area contributed by atoms with E-state index in [0.717, 1.165) is 39.1 Å². The molecule has 0 atom stereocenters. The highest BCUT2D eigenvalue weighted by Crippen LogP contribution is 2.26. The highest BCUT2D eigenvalue weighted by atomic mass is 35.5. The standard InChI is InChI=1S/C16H21Cl2NO2/c1-19(11-12-6-9-21-10-7-12)8-5-15(20)13-3-2-4-14(17)16(13)18/h2-4,12H,5-11H2,1H3. The molecule has 1 aliphatic heterocycles. The summed E-state index contributed by atoms with van der Waals surface area (Å²) in [5.74, 6) is 0.718. The molecule has 0 aromatic heterocycles. The summed E-state index contributed by atoms with van der Waals surface area (Å²) in [4.78, 5) is 14.4. The van der Waals surface area contributed by atoms with Gasteiger partial charge in [0, 0.05) is 38.3 Å². The Bertz CT molecular complexity index is 487. The molecule has 1 saturated heterocycles. The maximum absolute atomic E-state index is 12.2. The van der Waals surface area contributed by atoms with Gasteiger partial charge >= 0.3 is 0 Å². The number of halogens is 2. The molecule has 116 valence electrons. The van der Waals surface area contributed by atoms with Crippen LogP contribution < -0.4 is 0 Å². The van der Waals surface area contributed by atoms with Gasteiger partial charge in [-0.2, -0.15) is 0 Å². The van der Waals surface area contributed by atoms with Crippen LogP contribution in [0, 0.1) is 5.92 Å². The molecular formula is C16H21Cl2NO2. The van der Waals surface area contributed by atoms with Crippen LogP contribution in [-0.2, 0) is 4.74 Å². The van der Waals surface area contributed by atoms with Crippen molar-refractivity contribution in [1.82, 2.24) is 4.90 Å². The summed E-state index contributed by atoms with van der Waals surface area (Å²) in [6.45, 7) is 3.46. The Balaban J connectivity index is 1.81. The Kier molecular flexibility index (Phi) is 6.49. The highest BCUT2D eigenvalue weighted by Gasteiger charge is 2.17. The molecule has 3 nitrogen and oxygen atoms in total. The van der Waals surface area contributed by atoms with Crippen LogP contribution >= 0.6 is 23.2 Å². The molecule has 2 rings (SSSR count). The maximum atomic E-state index is 12.2. The number of hydrogen-bond acceptors (Lipinski definition) is 3. The first-order valence-electron chi connectivity index (χ1n) is 7.31. The summed E-state index contributed by atoms with van der Waals surface area (Å²) >= 11 is 12.0. The van der Waals surface area contributed by atoms with Gasteiger partial charge in [0.1, 0.15) is 0 Å². The topological polar surface area (TPSA) is 29.5 Å². The van der Waals surface area contributed by atoms with Gasteiger partial charge in [-0.1, -0.05) is 29.3 Å². The van der Waals surface area contributed by atoms with Crippen molar-refractivity contribution in [2.24, 2.45) is 5.92 Å². The van der Waals surface area contributed by atoms with Gasteiger partial charge < -0.3 is 9.64 Å². The van der Waals surface area contributed by atoms with Crippen molar-refractivity contribution < 1.29 is 9.53 Å². The molecule has 1 fully saturated rings. The van der Waals surface area contributed by atoms with Crippen LogP contribution in [0.15, 0.2) is 18.2 Å². The molecule has 21 heavy (non-hydrogen) atoms. The van der Waals surface area contributed by atoms with E-state index < -0.39 is 0 Å². The van der Waals surface area contributed by atoms with E-state index in [1.54, 1.807) is 18.2 Å². The number of ether oxygens (including phenoxy) is 1. The number of carbonyl (C=O) groups excluding carboxylic acids is 1. The average molecular weight is 330 g/mol. The minimum atomic E-state index is 0.0429. The number of Topliss-reactive ketones (excluding diaryl/α,β-unsaturated/α-hetero) is 1. The predicted octanol–water partition coefficient (Wildman–Crippen LogP) is 3.92. The smallest absolute Gasteiger partial charge is 0.165 e. The summed E-state index contributed by atoms with van der Waals surface area (Å²) < 4.78 is 5.36. The molecular weight excluding hydrogens is 309 g/mol. The van der Waals surface area contributed by atoms with Crippen LogP contribution in [-0.4, -0.2) is 44.0 Å². The van der Waals surface area contributed by atoms with Crippen LogP contribution in [0.5, 0.6) is 0 Å². The normalized spacial score (nSPS) is 16.4. The van der Waals surface area contributed by atoms with Crippen LogP contribution in [0.4, 0.5) is 0 Å². The maximum Gasteiger partial charge on any atom is 0.165 e. The lowest BCUT2D eigenvalue weighted by molar-refractivity contribution is 0.0553. The number of nitrogens with zero attached hydrogens (tertiary/aromatic N) is 1. The molecule has 0 unspecified atom stereocenters. The van der Waals surface area contributed by atoms with Gasteiger partial charge in [0.2, 0.25) is 0 Å². The number of benzene rings is 1. The molecule has 0 saturated carbocycles. The molecule has 0 amide bonds. The van der Waals surface area contributed by atoms with E-state index in [2.05, 4.69) is 11.9 Å². The number of carbonyl (C=O) groups is 1. The fraction of sp³-hybridized carbons (Fsp3) is 0.562. The molecule has 0 bridgehead atoms. The third-order valence-corrected chi connectivity index (χ3v) is 4.70. The molecule has 1 aromatic carbocycles. The van der Waals surface area contributed by atoms with E-state index in [-0.39, 0.29) is 5.78 Å². The van der Waals surface area contributed by atoms with E-state index in [1.807, 2.05) is 0 Å². The number of rotatable bonds is 6. The van der Waals surface area contributed by atoms with Crippen molar-refractivity contribution >= 4 is 29.0 Å². The molecule has 0 spiro atoms. The first-order chi connectivity index (χ1) is 10.1. The summed E-state index contributed by atoms with van der Waals surface area (Å²) in [5.41, 5.74) is 0.517. The minimum Gasteiger partial charge on any atom is -0.381 e. The van der Waals surface area contributed by atoms with Crippen LogP contribution in [0.2, 0.25) is 10.0 Å². The number of ketones is 1. The lowest BCUT2D eigenvalue weighted by Gasteiger charge is -2.26. The second-order valence-corrected chi connectivity index (χ2v) is 6.38. The summed E-state index contributed by atoms with van der Waals surface area (Å²) in [6.07, 6.45) is 2.68. The second kappa shape index (κ2) is 8.14. The van der Waals surface area contributed by atoms with Crippen LogP contribution in [0.25, 0.3) is 0 Å². The second-order valence-electron chi connectivity index (χ2n) is 5.59. The van der Waals surface area contributed by atoms with Crippen molar-refractivity contribution in [3.8, 4) is 0 Å². The average Bonchev–Trinajstić information content (AvgIpc) is 2.48. The van der Waals surface area contributed by atoms with Gasteiger partial charge in [0.25, 0.3) is 0 Å². The first kappa shape index (κ1) is 16.8. The SMILES string of the molecule is CN(CCC(=O)c1cccc(Cl)c1Cl)CC1CCOCC1. The van der Waals surface area contributed by atoms with Crippen molar-refractivity contribution in [3.05, 3.63) is 33.8 Å². The van der Waals surface area contributed by atoms with Crippen LogP contribution in [0.3, 0.4) is 0 Å². The third kappa shape index (κ3) is 4.96. The molecule has 5 heteroatoms. The van der Waals surface area contributed by atoms with E-state index in [0.29, 0.717) is 27.9 Å². The largest absolute Gasteiger partial charge is 0.381 e. The molecule has 1 heterocycles. The summed E-state index contributed by atoms with van der Waals surface area (Å²) in [6, 6.07) is 5.18. The number of hydrogen-bond donors (Lipinski definition) is 0. The molecule has 0 N–H and O–H groups in total. The van der Waals surface area contributed by atoms with Crippen molar-refractivity contribution in [1.29, 1.82) is 0 Å². The Morgan fingerprint density at radius 1 is 1.33 bits per heavy atom. The van der Waals surface area contributed by atoms with E-state index in [1.165, 1.54) is 0 Å². The summed E-state index contributed by atoms with van der Waals surface area (Å²) in [7, 11) is 2.06. The van der Waals surface area contributed by atoms with Gasteiger partial charge in [-0.25, -0.2) is 0 Å². The molecule has 0 radical (unpaired) electrons. The molecule has 1 aliphatic rings. The molecule has 0 aliphatic carbocycles. The Morgan fingerprint density at radius 2 is 2.05 bits per heavy atom. The fourth-order valence-electron chi connectivity index (χ4n) is 2.61. The zero-order valence-electron chi connectivity index (χ0n) is 12.3. The zero-order valence-corrected chi connectivity index (χ0v) is 13.8. The predicted molar refractivity (Wildman–Crippen MR) is 86.4 cm³/mol. The Labute approximate surface area is 136 Å². The van der Waals surface area contributed by atoms with Gasteiger partial charge in [0.05, 0.1) is 10.0 Å². The van der Waals surface area contributed by atoms with Gasteiger partial charge in [-0.3, -0.25) is 4.79 Å². The third-order valence-electron chi connectivity index (χ3n) is 3.88. The van der Waals surface area contributed by atoms with E-state index in [9.17, 15) is 4.79 Å². The monoisotopic (exact) mass is 329 g/mol. The quantitative estimate of drug-likeness (QED) is 0.740. The highest BCUT2D eigenvalue weighted by molar-refractivity contribution is 6.43. The minimum absolute atomic E-state index is 0.0429. The Hall–Kier alpha value is -0.610. The summed E-state index contributed by atoms with van der Waals surface area (Å²) in [5, 5.41) is 0.786. The van der Waals surface area contributed by atoms with E-state index in [4.69, 9.17) is 27.9 Å². The van der Waals surface area contributed by atoms with Crippen molar-refractivity contribution in [2.75, 3.05) is 33.4 Å². The van der Waals surface area contributed by atoms with Crippen molar-refractivity contribution in [3.63, 3.8) is 0 Å². The van der Waals surface area contributed by atoms with E-state index >= 15 is 0 Å². The van der Waals surface area contributed by atoms with Crippen molar-refractivity contribution in [2.45, 2.75) is 19.3 Å². The van der Waals surface area contributed by atoms with Gasteiger partial charge in [-0.05, 0) is 37.9 Å². The Morgan fingerprint density at radius 3 is 2.76 bits per heavy atom. The van der Waals surface area contributed by atoms with Crippen LogP contribution in [0.1, 0.15) is 29.6 Å². The lowest BCUT2D eigenvalue weighted by Crippen LogP contribution is -2.31. The molecule has 1 aromatic rings. The van der Waals surface area contributed by atoms with Gasteiger partial charge in [-0.15, -0.1) is 0 Å².